The first-order valence-corrected chi connectivity index (χ1v) is 12.2. The van der Waals surface area contributed by atoms with Crippen molar-refractivity contribution in [3.05, 3.63) is 40.3 Å². The lowest BCUT2D eigenvalue weighted by Crippen LogP contribution is -2.36. The van der Waals surface area contributed by atoms with Gasteiger partial charge in [0.05, 0.1) is 25.4 Å². The van der Waals surface area contributed by atoms with Gasteiger partial charge < -0.3 is 25.0 Å². The first-order chi connectivity index (χ1) is 15.6. The summed E-state index contributed by atoms with van der Waals surface area (Å²) < 4.78 is 10.7. The van der Waals surface area contributed by atoms with Crippen LogP contribution in [0.4, 0.5) is 16.4 Å². The van der Waals surface area contributed by atoms with E-state index in [1.54, 1.807) is 6.92 Å². The molecule has 2 aliphatic rings. The van der Waals surface area contributed by atoms with Gasteiger partial charge in [-0.25, -0.2) is 4.79 Å². The molecule has 1 amide bonds. The first-order valence-electron chi connectivity index (χ1n) is 11.4. The molecule has 2 heterocycles. The van der Waals surface area contributed by atoms with E-state index in [-0.39, 0.29) is 11.9 Å². The van der Waals surface area contributed by atoms with Crippen molar-refractivity contribution in [2.75, 3.05) is 48.4 Å². The number of nitrogens with zero attached hydrogens (tertiary/aromatic N) is 1. The maximum atomic E-state index is 12.9. The van der Waals surface area contributed by atoms with Crippen LogP contribution >= 0.6 is 11.3 Å². The number of carbonyl (C=O) groups excluding carboxylic acids is 2. The van der Waals surface area contributed by atoms with E-state index in [0.29, 0.717) is 17.2 Å². The van der Waals surface area contributed by atoms with E-state index in [2.05, 4.69) is 27.7 Å². The molecule has 0 unspecified atom stereocenters. The summed E-state index contributed by atoms with van der Waals surface area (Å²) in [5, 5.41) is 6.85. The number of fused-ring (bicyclic) bond motifs is 1. The molecule has 1 aliphatic heterocycles. The normalized spacial score (nSPS) is 16.8. The van der Waals surface area contributed by atoms with Crippen molar-refractivity contribution in [1.29, 1.82) is 0 Å². The fourth-order valence-corrected chi connectivity index (χ4v) is 5.48. The van der Waals surface area contributed by atoms with E-state index in [1.807, 2.05) is 19.1 Å². The second-order valence-corrected chi connectivity index (χ2v) is 9.24. The van der Waals surface area contributed by atoms with Crippen LogP contribution in [0, 0.1) is 0 Å². The van der Waals surface area contributed by atoms with Crippen LogP contribution in [0.2, 0.25) is 0 Å². The topological polar surface area (TPSA) is 79.9 Å². The lowest BCUT2D eigenvalue weighted by molar-refractivity contribution is -0.116. The van der Waals surface area contributed by atoms with Crippen LogP contribution in [0.1, 0.15) is 47.5 Å². The number of hydrogen-bond donors (Lipinski definition) is 2. The van der Waals surface area contributed by atoms with Crippen LogP contribution in [0.25, 0.3) is 0 Å². The molecule has 0 saturated carbocycles. The number of aryl methyl sites for hydroxylation is 1. The van der Waals surface area contributed by atoms with Gasteiger partial charge in [0.2, 0.25) is 5.91 Å². The Morgan fingerprint density at radius 2 is 1.88 bits per heavy atom. The summed E-state index contributed by atoms with van der Waals surface area (Å²) in [4.78, 5) is 29.0. The molecule has 0 bridgehead atoms. The molecule has 1 aromatic heterocycles. The van der Waals surface area contributed by atoms with Gasteiger partial charge in [0.15, 0.2) is 0 Å². The molecule has 4 rings (SSSR count). The maximum absolute atomic E-state index is 12.9. The molecule has 0 radical (unpaired) electrons. The van der Waals surface area contributed by atoms with Crippen molar-refractivity contribution in [2.45, 2.75) is 45.6 Å². The second kappa shape index (κ2) is 10.4. The van der Waals surface area contributed by atoms with Crippen LogP contribution in [0.15, 0.2) is 24.3 Å². The molecule has 1 aromatic carbocycles. The van der Waals surface area contributed by atoms with Crippen molar-refractivity contribution in [3.8, 4) is 0 Å². The fraction of sp³-hybridized carbons (Fsp3) is 0.500. The van der Waals surface area contributed by atoms with Gasteiger partial charge in [-0.1, -0.05) is 0 Å². The minimum absolute atomic E-state index is 0.175. The number of carbonyl (C=O) groups is 2. The Hall–Kier alpha value is -2.58. The van der Waals surface area contributed by atoms with Gasteiger partial charge in [-0.3, -0.25) is 4.79 Å². The quantitative estimate of drug-likeness (QED) is 0.610. The number of nitrogens with one attached hydrogen (secondary N) is 2. The Morgan fingerprint density at radius 1 is 1.16 bits per heavy atom. The van der Waals surface area contributed by atoms with Gasteiger partial charge in [0.25, 0.3) is 0 Å². The average molecular weight is 458 g/mol. The van der Waals surface area contributed by atoms with Crippen LogP contribution in [0.3, 0.4) is 0 Å². The summed E-state index contributed by atoms with van der Waals surface area (Å²) in [5.41, 5.74) is 3.62. The molecule has 7 nitrogen and oxygen atoms in total. The van der Waals surface area contributed by atoms with Crippen molar-refractivity contribution in [2.24, 2.45) is 0 Å². The van der Waals surface area contributed by atoms with Gasteiger partial charge in [0.1, 0.15) is 11.0 Å². The molecule has 2 N–H and O–H groups in total. The minimum atomic E-state index is -0.460. The number of rotatable bonds is 7. The molecule has 32 heavy (non-hydrogen) atoms. The first kappa shape index (κ1) is 22.6. The van der Waals surface area contributed by atoms with Crippen LogP contribution in [0.5, 0.6) is 0 Å². The Bertz CT molecular complexity index is 951. The zero-order valence-corrected chi connectivity index (χ0v) is 19.6. The van der Waals surface area contributed by atoms with E-state index < -0.39 is 6.04 Å². The summed E-state index contributed by atoms with van der Waals surface area (Å²) in [6, 6.07) is 7.64. The Labute approximate surface area is 193 Å². The standard InChI is InChI=1S/C24H31N3O4S/c1-3-31-24(29)21-19-6-4-5-7-20(19)32-23(21)26-22(28)16(2)25-17-8-10-18(11-9-17)27-12-14-30-15-13-27/h8-11,16,25H,3-7,12-15H2,1-2H3,(H,26,28)/t16-/m1/s1. The molecule has 0 spiro atoms. The lowest BCUT2D eigenvalue weighted by atomic mass is 9.95. The Morgan fingerprint density at radius 3 is 2.59 bits per heavy atom. The number of ether oxygens (including phenoxy) is 2. The molecule has 1 aliphatic carbocycles. The number of amides is 1. The number of hydrogen-bond acceptors (Lipinski definition) is 7. The van der Waals surface area contributed by atoms with E-state index in [9.17, 15) is 9.59 Å². The number of thiophene rings is 1. The lowest BCUT2D eigenvalue weighted by Gasteiger charge is -2.29. The van der Waals surface area contributed by atoms with Crippen LogP contribution in [-0.4, -0.2) is 50.8 Å². The van der Waals surface area contributed by atoms with Gasteiger partial charge in [0, 0.05) is 29.3 Å². The molecule has 1 saturated heterocycles. The Balaban J connectivity index is 1.42. The molecule has 1 atom stereocenters. The third-order valence-electron chi connectivity index (χ3n) is 5.91. The zero-order valence-electron chi connectivity index (χ0n) is 18.7. The van der Waals surface area contributed by atoms with E-state index in [0.717, 1.165) is 68.9 Å². The third kappa shape index (κ3) is 5.07. The maximum Gasteiger partial charge on any atom is 0.341 e. The molecule has 1 fully saturated rings. The van der Waals surface area contributed by atoms with Gasteiger partial charge in [-0.05, 0) is 69.4 Å². The molecule has 2 aromatic rings. The van der Waals surface area contributed by atoms with E-state index >= 15 is 0 Å². The fourth-order valence-electron chi connectivity index (χ4n) is 4.20. The van der Waals surface area contributed by atoms with Crippen molar-refractivity contribution < 1.29 is 19.1 Å². The molecule has 172 valence electrons. The second-order valence-electron chi connectivity index (χ2n) is 8.14. The van der Waals surface area contributed by atoms with Crippen molar-refractivity contribution in [1.82, 2.24) is 0 Å². The Kier molecular flexibility index (Phi) is 7.32. The summed E-state index contributed by atoms with van der Waals surface area (Å²) in [6.07, 6.45) is 3.98. The highest BCUT2D eigenvalue weighted by atomic mass is 32.1. The highest BCUT2D eigenvalue weighted by Gasteiger charge is 2.28. The predicted octanol–water partition coefficient (Wildman–Crippen LogP) is 4.08. The van der Waals surface area contributed by atoms with Gasteiger partial charge in [-0.2, -0.15) is 0 Å². The smallest absolute Gasteiger partial charge is 0.341 e. The average Bonchev–Trinajstić information content (AvgIpc) is 3.18. The highest BCUT2D eigenvalue weighted by molar-refractivity contribution is 7.17. The van der Waals surface area contributed by atoms with Gasteiger partial charge in [-0.15, -0.1) is 11.3 Å². The van der Waals surface area contributed by atoms with Crippen molar-refractivity contribution in [3.63, 3.8) is 0 Å². The zero-order chi connectivity index (χ0) is 22.5. The largest absolute Gasteiger partial charge is 0.462 e. The van der Waals surface area contributed by atoms with E-state index in [4.69, 9.17) is 9.47 Å². The summed E-state index contributed by atoms with van der Waals surface area (Å²) >= 11 is 1.51. The van der Waals surface area contributed by atoms with Crippen molar-refractivity contribution >= 4 is 39.6 Å². The summed E-state index contributed by atoms with van der Waals surface area (Å²) in [7, 11) is 0. The molecule has 8 heteroatoms. The number of morpholine rings is 1. The predicted molar refractivity (Wildman–Crippen MR) is 128 cm³/mol. The number of anilines is 3. The van der Waals surface area contributed by atoms with Crippen LogP contribution in [-0.2, 0) is 27.1 Å². The summed E-state index contributed by atoms with van der Waals surface area (Å²) in [6.45, 7) is 7.20. The monoisotopic (exact) mass is 457 g/mol. The molecular weight excluding hydrogens is 426 g/mol. The SMILES string of the molecule is CCOC(=O)c1c(NC(=O)[C@@H](C)Nc2ccc(N3CCOCC3)cc2)sc2c1CCCC2. The number of esters is 1. The molecular formula is C24H31N3O4S. The number of benzene rings is 1. The summed E-state index contributed by atoms with van der Waals surface area (Å²) in [5.74, 6) is -0.520. The highest BCUT2D eigenvalue weighted by Crippen LogP contribution is 2.38. The van der Waals surface area contributed by atoms with Crippen LogP contribution < -0.4 is 15.5 Å². The van der Waals surface area contributed by atoms with E-state index in [1.165, 1.54) is 16.2 Å². The minimum Gasteiger partial charge on any atom is -0.462 e. The van der Waals surface area contributed by atoms with Gasteiger partial charge >= 0.3 is 5.97 Å². The third-order valence-corrected chi connectivity index (χ3v) is 7.11.